The Bertz CT molecular complexity index is 332. The molecule has 1 heteroatoms. The first-order valence-corrected chi connectivity index (χ1v) is 4.86. The molecule has 0 fully saturated rings. The van der Waals surface area contributed by atoms with Crippen molar-refractivity contribution < 1.29 is 5.11 Å². The molecule has 0 atom stereocenters. The highest BCUT2D eigenvalue weighted by molar-refractivity contribution is 5.58. The maximum atomic E-state index is 9.19. The average molecular weight is 190 g/mol. The van der Waals surface area contributed by atoms with Gasteiger partial charge in [-0.3, -0.25) is 0 Å². The molecule has 0 spiro atoms. The van der Waals surface area contributed by atoms with Gasteiger partial charge >= 0.3 is 0 Å². The van der Waals surface area contributed by atoms with Gasteiger partial charge in [0.05, 0.1) is 6.61 Å². The van der Waals surface area contributed by atoms with Crippen molar-refractivity contribution >= 4 is 6.08 Å². The number of hydrogen-bond acceptors (Lipinski definition) is 1. The van der Waals surface area contributed by atoms with Crippen LogP contribution in [0.25, 0.3) is 6.08 Å². The molecule has 0 saturated carbocycles. The van der Waals surface area contributed by atoms with Crippen molar-refractivity contribution in [3.8, 4) is 0 Å². The molecule has 0 radical (unpaired) electrons. The highest BCUT2D eigenvalue weighted by atomic mass is 16.3. The molecule has 0 heterocycles. The van der Waals surface area contributed by atoms with Gasteiger partial charge in [-0.05, 0) is 22.1 Å². The smallest absolute Gasteiger partial charge is 0.0687 e. The van der Waals surface area contributed by atoms with Gasteiger partial charge in [0.1, 0.15) is 0 Å². The summed E-state index contributed by atoms with van der Waals surface area (Å²) < 4.78 is 0. The van der Waals surface area contributed by atoms with Crippen LogP contribution in [-0.2, 0) is 12.0 Å². The van der Waals surface area contributed by atoms with Crippen LogP contribution in [-0.4, -0.2) is 5.11 Å². The summed E-state index contributed by atoms with van der Waals surface area (Å²) >= 11 is 0. The molecule has 0 aliphatic carbocycles. The van der Waals surface area contributed by atoms with Crippen molar-refractivity contribution in [2.75, 3.05) is 0 Å². The summed E-state index contributed by atoms with van der Waals surface area (Å²) in [5.41, 5.74) is 3.35. The van der Waals surface area contributed by atoms with Crippen LogP contribution in [0, 0.1) is 0 Å². The van der Waals surface area contributed by atoms with E-state index in [0.29, 0.717) is 0 Å². The van der Waals surface area contributed by atoms with Crippen LogP contribution in [0.5, 0.6) is 0 Å². The Labute approximate surface area is 86.1 Å². The minimum Gasteiger partial charge on any atom is -0.392 e. The maximum Gasteiger partial charge on any atom is 0.0687 e. The summed E-state index contributed by atoms with van der Waals surface area (Å²) in [7, 11) is 0. The first-order valence-electron chi connectivity index (χ1n) is 4.86. The fourth-order valence-electron chi connectivity index (χ4n) is 1.65. The van der Waals surface area contributed by atoms with E-state index in [1.807, 2.05) is 18.2 Å². The van der Waals surface area contributed by atoms with Gasteiger partial charge in [0, 0.05) is 0 Å². The molecule has 76 valence electrons. The third-order valence-electron chi connectivity index (χ3n) is 2.38. The zero-order valence-electron chi connectivity index (χ0n) is 9.17. The summed E-state index contributed by atoms with van der Waals surface area (Å²) in [4.78, 5) is 0. The Morgan fingerprint density at radius 1 is 1.36 bits per heavy atom. The highest BCUT2D eigenvalue weighted by Gasteiger charge is 2.17. The molecule has 0 aromatic heterocycles. The largest absolute Gasteiger partial charge is 0.392 e. The summed E-state index contributed by atoms with van der Waals surface area (Å²) in [5, 5.41) is 9.19. The van der Waals surface area contributed by atoms with Gasteiger partial charge in [-0.25, -0.2) is 0 Å². The van der Waals surface area contributed by atoms with Crippen LogP contribution >= 0.6 is 0 Å². The van der Waals surface area contributed by atoms with Gasteiger partial charge in [-0.15, -0.1) is 0 Å². The quantitative estimate of drug-likeness (QED) is 0.759. The third kappa shape index (κ3) is 2.05. The molecule has 0 unspecified atom stereocenters. The first kappa shape index (κ1) is 11.0. The van der Waals surface area contributed by atoms with Gasteiger partial charge in [-0.2, -0.15) is 0 Å². The number of hydrogen-bond donors (Lipinski definition) is 1. The predicted octanol–water partition coefficient (Wildman–Crippen LogP) is 3.12. The van der Waals surface area contributed by atoms with Crippen LogP contribution in [0.15, 0.2) is 24.8 Å². The van der Waals surface area contributed by atoms with Crippen LogP contribution in [0.4, 0.5) is 0 Å². The molecule has 1 aromatic carbocycles. The molecule has 0 aliphatic heterocycles. The molecule has 0 aliphatic rings. The fourth-order valence-corrected chi connectivity index (χ4v) is 1.65. The molecule has 0 saturated heterocycles. The van der Waals surface area contributed by atoms with E-state index in [-0.39, 0.29) is 12.0 Å². The lowest BCUT2D eigenvalue weighted by atomic mass is 9.82. The van der Waals surface area contributed by atoms with Crippen molar-refractivity contribution in [3.63, 3.8) is 0 Å². The SMILES string of the molecule is C=Cc1c(CO)cccc1C(C)(C)C. The van der Waals surface area contributed by atoms with Gasteiger partial charge in [0.15, 0.2) is 0 Å². The topological polar surface area (TPSA) is 20.2 Å². The second kappa shape index (κ2) is 3.97. The Balaban J connectivity index is 3.37. The number of rotatable bonds is 2. The lowest BCUT2D eigenvalue weighted by Crippen LogP contribution is -2.14. The standard InChI is InChI=1S/C13H18O/c1-5-11-10(9-14)7-6-8-12(11)13(2,3)4/h5-8,14H,1,9H2,2-4H3. The van der Waals surface area contributed by atoms with Crippen molar-refractivity contribution in [1.82, 2.24) is 0 Å². The van der Waals surface area contributed by atoms with E-state index in [4.69, 9.17) is 0 Å². The summed E-state index contributed by atoms with van der Waals surface area (Å²) in [6.07, 6.45) is 1.83. The summed E-state index contributed by atoms with van der Waals surface area (Å²) in [5.74, 6) is 0. The Morgan fingerprint density at radius 2 is 2.00 bits per heavy atom. The predicted molar refractivity (Wildman–Crippen MR) is 61.2 cm³/mol. The van der Waals surface area contributed by atoms with E-state index in [0.717, 1.165) is 11.1 Å². The van der Waals surface area contributed by atoms with E-state index in [2.05, 4.69) is 33.4 Å². The second-order valence-electron chi connectivity index (χ2n) is 4.49. The van der Waals surface area contributed by atoms with Gasteiger partial charge in [-0.1, -0.05) is 51.6 Å². The zero-order chi connectivity index (χ0) is 10.8. The molecule has 14 heavy (non-hydrogen) atoms. The van der Waals surface area contributed by atoms with Gasteiger partial charge < -0.3 is 5.11 Å². The van der Waals surface area contributed by atoms with E-state index in [9.17, 15) is 5.11 Å². The minimum atomic E-state index is 0.0747. The molecule has 0 amide bonds. The van der Waals surface area contributed by atoms with Gasteiger partial charge in [0.25, 0.3) is 0 Å². The molecule has 1 rings (SSSR count). The number of aliphatic hydroxyl groups is 1. The van der Waals surface area contributed by atoms with Crippen molar-refractivity contribution in [3.05, 3.63) is 41.5 Å². The maximum absolute atomic E-state index is 9.19. The molecule has 1 N–H and O–H groups in total. The molecule has 0 bridgehead atoms. The average Bonchev–Trinajstić information content (AvgIpc) is 2.15. The Kier molecular flexibility index (Phi) is 3.12. The molecule has 1 aromatic rings. The van der Waals surface area contributed by atoms with E-state index in [1.54, 1.807) is 0 Å². The number of benzene rings is 1. The van der Waals surface area contributed by atoms with Crippen LogP contribution in [0.1, 0.15) is 37.5 Å². The lowest BCUT2D eigenvalue weighted by molar-refractivity contribution is 0.281. The van der Waals surface area contributed by atoms with Gasteiger partial charge in [0.2, 0.25) is 0 Å². The summed E-state index contributed by atoms with van der Waals surface area (Å²) in [6, 6.07) is 6.02. The Hall–Kier alpha value is -1.08. The van der Waals surface area contributed by atoms with E-state index >= 15 is 0 Å². The van der Waals surface area contributed by atoms with Crippen molar-refractivity contribution in [1.29, 1.82) is 0 Å². The molecular weight excluding hydrogens is 172 g/mol. The van der Waals surface area contributed by atoms with Crippen molar-refractivity contribution in [2.45, 2.75) is 32.8 Å². The van der Waals surface area contributed by atoms with Crippen LogP contribution < -0.4 is 0 Å². The molecule has 1 nitrogen and oxygen atoms in total. The lowest BCUT2D eigenvalue weighted by Gasteiger charge is -2.23. The fraction of sp³-hybridized carbons (Fsp3) is 0.385. The zero-order valence-corrected chi connectivity index (χ0v) is 9.17. The normalized spacial score (nSPS) is 11.4. The third-order valence-corrected chi connectivity index (χ3v) is 2.38. The second-order valence-corrected chi connectivity index (χ2v) is 4.49. The summed E-state index contributed by atoms with van der Waals surface area (Å²) in [6.45, 7) is 10.4. The molecular formula is C13H18O. The van der Waals surface area contributed by atoms with Crippen molar-refractivity contribution in [2.24, 2.45) is 0 Å². The Morgan fingerprint density at radius 3 is 2.43 bits per heavy atom. The van der Waals surface area contributed by atoms with E-state index in [1.165, 1.54) is 5.56 Å². The van der Waals surface area contributed by atoms with Crippen LogP contribution in [0.2, 0.25) is 0 Å². The monoisotopic (exact) mass is 190 g/mol. The highest BCUT2D eigenvalue weighted by Crippen LogP contribution is 2.28. The first-order chi connectivity index (χ1) is 6.50. The minimum absolute atomic E-state index is 0.0747. The van der Waals surface area contributed by atoms with Crippen LogP contribution in [0.3, 0.4) is 0 Å². The number of aliphatic hydroxyl groups excluding tert-OH is 1. The van der Waals surface area contributed by atoms with E-state index < -0.39 is 0 Å².